The van der Waals surface area contributed by atoms with E-state index in [2.05, 4.69) is 4.18 Å². The highest BCUT2D eigenvalue weighted by atomic mass is 32.2. The molecule has 0 aromatic heterocycles. The topological polar surface area (TPSA) is 124 Å². The molecule has 7 nitrogen and oxygen atoms in total. The Labute approximate surface area is 167 Å². The van der Waals surface area contributed by atoms with Crippen LogP contribution in [-0.4, -0.2) is 31.3 Å². The van der Waals surface area contributed by atoms with Crippen LogP contribution >= 0.6 is 0 Å². The quantitative estimate of drug-likeness (QED) is 0.295. The molecule has 0 spiro atoms. The fourth-order valence-corrected chi connectivity index (χ4v) is 3.34. The van der Waals surface area contributed by atoms with Gasteiger partial charge >= 0.3 is 10.1 Å². The summed E-state index contributed by atoms with van der Waals surface area (Å²) in [6.07, 6.45) is 1.01. The average Bonchev–Trinajstić information content (AvgIpc) is 2.68. The number of phenolic OH excluding ortho intramolecular Hbond substituents is 1. The van der Waals surface area contributed by atoms with Crippen LogP contribution in [0.15, 0.2) is 66.7 Å². The number of rotatable bonds is 2. The lowest BCUT2D eigenvalue weighted by atomic mass is 9.83. The van der Waals surface area contributed by atoms with E-state index >= 15 is 0 Å². The van der Waals surface area contributed by atoms with Gasteiger partial charge in [0.2, 0.25) is 0 Å². The monoisotopic (exact) mass is 411 g/mol. The van der Waals surface area contributed by atoms with E-state index in [1.165, 1.54) is 12.1 Å². The largest absolute Gasteiger partial charge is 0.507 e. The highest BCUT2D eigenvalue weighted by molar-refractivity contribution is 7.86. The second-order valence-electron chi connectivity index (χ2n) is 6.23. The molecular formula is C21H17NO6S. The van der Waals surface area contributed by atoms with E-state index in [1.54, 1.807) is 54.6 Å². The lowest BCUT2D eigenvalue weighted by molar-refractivity contribution is 0.0977. The number of nitrogen functional groups attached to an aromatic ring is 1. The van der Waals surface area contributed by atoms with Crippen molar-refractivity contribution in [1.82, 2.24) is 0 Å². The van der Waals surface area contributed by atoms with E-state index in [4.69, 9.17) is 5.73 Å². The lowest BCUT2D eigenvalue weighted by Crippen LogP contribution is -2.22. The highest BCUT2D eigenvalue weighted by Crippen LogP contribution is 2.35. The molecule has 0 atom stereocenters. The van der Waals surface area contributed by atoms with Crippen molar-refractivity contribution in [2.24, 2.45) is 0 Å². The Morgan fingerprint density at radius 3 is 1.86 bits per heavy atom. The van der Waals surface area contributed by atoms with Crippen molar-refractivity contribution in [2.75, 3.05) is 12.0 Å². The number of fused-ring (bicyclic) bond motifs is 2. The van der Waals surface area contributed by atoms with Gasteiger partial charge in [0.25, 0.3) is 0 Å². The number of hydrogen-bond acceptors (Lipinski definition) is 7. The van der Waals surface area contributed by atoms with Gasteiger partial charge < -0.3 is 15.0 Å². The Morgan fingerprint density at radius 1 is 0.793 bits per heavy atom. The van der Waals surface area contributed by atoms with Crippen LogP contribution in [0.3, 0.4) is 0 Å². The molecule has 0 bridgehead atoms. The van der Waals surface area contributed by atoms with Crippen molar-refractivity contribution in [1.29, 1.82) is 0 Å². The maximum atomic E-state index is 12.3. The van der Waals surface area contributed by atoms with Crippen molar-refractivity contribution in [2.45, 2.75) is 0 Å². The number of benzene rings is 3. The summed E-state index contributed by atoms with van der Waals surface area (Å²) in [4.78, 5) is 24.5. The van der Waals surface area contributed by atoms with Gasteiger partial charge in [-0.1, -0.05) is 42.5 Å². The Hall–Kier alpha value is -3.65. The van der Waals surface area contributed by atoms with E-state index < -0.39 is 10.1 Å². The number of carbonyl (C=O) groups excluding carboxylic acids is 2. The van der Waals surface area contributed by atoms with Gasteiger partial charge in [-0.15, -0.1) is 0 Å². The zero-order valence-corrected chi connectivity index (χ0v) is 16.1. The van der Waals surface area contributed by atoms with Crippen molar-refractivity contribution in [3.63, 3.8) is 0 Å². The van der Waals surface area contributed by atoms with Gasteiger partial charge in [0, 0.05) is 16.8 Å². The predicted molar refractivity (Wildman–Crippen MR) is 108 cm³/mol. The number of ketones is 2. The Bertz CT molecular complexity index is 1140. The van der Waals surface area contributed by atoms with Crippen LogP contribution in [0.2, 0.25) is 0 Å². The average molecular weight is 411 g/mol. The van der Waals surface area contributed by atoms with Gasteiger partial charge in [-0.05, 0) is 24.3 Å². The van der Waals surface area contributed by atoms with Gasteiger partial charge in [-0.2, -0.15) is 8.42 Å². The fraction of sp³-hybridized carbons (Fsp3) is 0.0476. The van der Waals surface area contributed by atoms with Crippen LogP contribution < -0.4 is 9.92 Å². The maximum Gasteiger partial charge on any atom is 0.306 e. The Morgan fingerprint density at radius 2 is 1.31 bits per heavy atom. The molecule has 0 saturated heterocycles. The van der Waals surface area contributed by atoms with Crippen LogP contribution in [-0.2, 0) is 10.1 Å². The summed E-state index contributed by atoms with van der Waals surface area (Å²) in [5.41, 5.74) is 6.66. The molecule has 29 heavy (non-hydrogen) atoms. The molecular weight excluding hydrogens is 394 g/mol. The number of phenols is 1. The predicted octanol–water partition coefficient (Wildman–Crippen LogP) is 2.77. The number of hydrogen-bond donors (Lipinski definition) is 2. The second-order valence-corrected chi connectivity index (χ2v) is 7.80. The molecule has 0 aliphatic heterocycles. The smallest absolute Gasteiger partial charge is 0.306 e. The van der Waals surface area contributed by atoms with Gasteiger partial charge in [0.15, 0.2) is 11.6 Å². The minimum atomic E-state index is -3.38. The number of para-hydroxylation sites is 1. The molecule has 8 heteroatoms. The SMILES string of the molecule is CS(=O)(=O)Oc1ccccc1.Nc1ccc(O)c2c1C(=O)c1ccccc1C2=O. The molecule has 0 fully saturated rings. The first kappa shape index (κ1) is 20.1. The second kappa shape index (κ2) is 7.76. The molecule has 0 unspecified atom stereocenters. The zero-order valence-electron chi connectivity index (χ0n) is 15.3. The lowest BCUT2D eigenvalue weighted by Gasteiger charge is -2.19. The number of carbonyl (C=O) groups is 2. The summed E-state index contributed by atoms with van der Waals surface area (Å²) in [6, 6.07) is 17.6. The van der Waals surface area contributed by atoms with Crippen molar-refractivity contribution in [3.05, 3.63) is 89.0 Å². The fourth-order valence-electron chi connectivity index (χ4n) is 2.88. The van der Waals surface area contributed by atoms with Crippen LogP contribution in [0.5, 0.6) is 11.5 Å². The first-order chi connectivity index (χ1) is 13.7. The summed E-state index contributed by atoms with van der Waals surface area (Å²) in [6.45, 7) is 0. The molecule has 0 heterocycles. The first-order valence-electron chi connectivity index (χ1n) is 8.43. The number of anilines is 1. The highest BCUT2D eigenvalue weighted by Gasteiger charge is 2.33. The van der Waals surface area contributed by atoms with Crippen molar-refractivity contribution >= 4 is 27.4 Å². The Kier molecular flexibility index (Phi) is 5.38. The number of aromatic hydroxyl groups is 1. The van der Waals surface area contributed by atoms with E-state index in [-0.39, 0.29) is 34.1 Å². The molecule has 1 aliphatic rings. The summed E-state index contributed by atoms with van der Waals surface area (Å²) < 4.78 is 25.7. The van der Waals surface area contributed by atoms with E-state index in [9.17, 15) is 23.1 Å². The molecule has 0 radical (unpaired) electrons. The molecule has 1 aliphatic carbocycles. The first-order valence-corrected chi connectivity index (χ1v) is 10.2. The summed E-state index contributed by atoms with van der Waals surface area (Å²) in [5, 5.41) is 9.77. The number of nitrogens with two attached hydrogens (primary N) is 1. The summed E-state index contributed by atoms with van der Waals surface area (Å²) in [7, 11) is -3.38. The van der Waals surface area contributed by atoms with Crippen LogP contribution in [0.25, 0.3) is 0 Å². The summed E-state index contributed by atoms with van der Waals surface area (Å²) in [5.74, 6) is -0.569. The van der Waals surface area contributed by atoms with Crippen molar-refractivity contribution in [3.8, 4) is 11.5 Å². The molecule has 148 valence electrons. The minimum Gasteiger partial charge on any atom is -0.507 e. The van der Waals surface area contributed by atoms with Gasteiger partial charge in [0.05, 0.1) is 17.4 Å². The Balaban J connectivity index is 0.000000188. The third kappa shape index (κ3) is 4.27. The maximum absolute atomic E-state index is 12.3. The molecule has 3 aromatic carbocycles. The van der Waals surface area contributed by atoms with Crippen LogP contribution in [0.4, 0.5) is 5.69 Å². The minimum absolute atomic E-state index is 0.00120. The summed E-state index contributed by atoms with van der Waals surface area (Å²) >= 11 is 0. The van der Waals surface area contributed by atoms with E-state index in [0.717, 1.165) is 6.26 Å². The molecule has 4 rings (SSSR count). The van der Waals surface area contributed by atoms with Gasteiger partial charge in [0.1, 0.15) is 11.5 Å². The van der Waals surface area contributed by atoms with Gasteiger partial charge in [-0.25, -0.2) is 0 Å². The third-order valence-electron chi connectivity index (χ3n) is 4.08. The van der Waals surface area contributed by atoms with Crippen molar-refractivity contribution < 1.29 is 27.3 Å². The molecule has 3 N–H and O–H groups in total. The molecule has 0 amide bonds. The molecule has 3 aromatic rings. The van der Waals surface area contributed by atoms with E-state index in [1.807, 2.05) is 0 Å². The van der Waals surface area contributed by atoms with Crippen LogP contribution in [0.1, 0.15) is 31.8 Å². The van der Waals surface area contributed by atoms with Gasteiger partial charge in [-0.3, -0.25) is 9.59 Å². The normalized spacial score (nSPS) is 12.3. The third-order valence-corrected chi connectivity index (χ3v) is 4.57. The molecule has 0 saturated carbocycles. The zero-order chi connectivity index (χ0) is 21.2. The van der Waals surface area contributed by atoms with E-state index in [0.29, 0.717) is 16.9 Å². The van der Waals surface area contributed by atoms with Crippen LogP contribution in [0, 0.1) is 0 Å². The standard InChI is InChI=1S/C14H9NO3.C7H8O3S/c15-9-5-6-10(16)12-11(9)13(17)7-3-1-2-4-8(7)14(12)18;1-11(8,9)10-7-5-3-2-4-6-7/h1-6,16H,15H2;2-6H,1H3.